The van der Waals surface area contributed by atoms with E-state index in [4.69, 9.17) is 16.3 Å². The molecule has 2 amide bonds. The van der Waals surface area contributed by atoms with Crippen LogP contribution in [0.15, 0.2) is 36.4 Å². The van der Waals surface area contributed by atoms with Crippen LogP contribution in [0.25, 0.3) is 11.0 Å². The van der Waals surface area contributed by atoms with Gasteiger partial charge in [-0.15, -0.1) is 0 Å². The van der Waals surface area contributed by atoms with Crippen LogP contribution in [0.2, 0.25) is 5.02 Å². The second kappa shape index (κ2) is 7.20. The molecule has 7 nitrogen and oxygen atoms in total. The van der Waals surface area contributed by atoms with Gasteiger partial charge in [-0.2, -0.15) is 0 Å². The molecule has 3 aromatic rings. The molecule has 3 aliphatic carbocycles. The molecule has 2 aromatic carbocycles. The highest BCUT2D eigenvalue weighted by Gasteiger charge is 2.69. The fourth-order valence-corrected chi connectivity index (χ4v) is 4.99. The minimum atomic E-state index is -0.598. The molecule has 3 fully saturated rings. The van der Waals surface area contributed by atoms with Crippen molar-refractivity contribution < 1.29 is 18.7 Å². The fourth-order valence-electron chi connectivity index (χ4n) is 4.87. The first-order valence-corrected chi connectivity index (χ1v) is 10.7. The van der Waals surface area contributed by atoms with Crippen molar-refractivity contribution >= 4 is 34.4 Å². The standard InChI is InChI=1S/C23H22ClFN4O3/c1-13-26-18-7-14(3-6-19(18)29(13)2)21(31)28-23-10-22(11-23,12-23)27-20(30)9-32-15-4-5-16(24)17(25)8-15/h3-8H,9-12H2,1-2H3,(H,27,30)(H,28,31). The molecule has 0 aliphatic heterocycles. The van der Waals surface area contributed by atoms with E-state index in [0.29, 0.717) is 24.8 Å². The summed E-state index contributed by atoms with van der Waals surface area (Å²) in [7, 11) is 1.94. The van der Waals surface area contributed by atoms with Gasteiger partial charge in [0.15, 0.2) is 6.61 Å². The predicted octanol–water partition coefficient (Wildman–Crippen LogP) is 3.27. The number of hydrogen-bond acceptors (Lipinski definition) is 4. The molecule has 1 heterocycles. The Morgan fingerprint density at radius 3 is 2.59 bits per heavy atom. The maximum Gasteiger partial charge on any atom is 0.258 e. The molecule has 3 saturated carbocycles. The largest absolute Gasteiger partial charge is 0.484 e. The first-order chi connectivity index (χ1) is 15.2. The van der Waals surface area contributed by atoms with Crippen molar-refractivity contribution in [2.45, 2.75) is 37.3 Å². The van der Waals surface area contributed by atoms with Crippen molar-refractivity contribution in [3.63, 3.8) is 0 Å². The number of hydrogen-bond donors (Lipinski definition) is 2. The molecule has 166 valence electrons. The molecule has 3 aliphatic rings. The van der Waals surface area contributed by atoms with Crippen molar-refractivity contribution in [3.05, 3.63) is 58.6 Å². The zero-order valence-electron chi connectivity index (χ0n) is 17.7. The number of carbonyl (C=O) groups is 2. The van der Waals surface area contributed by atoms with Crippen LogP contribution in [-0.4, -0.2) is 39.1 Å². The minimum absolute atomic E-state index is 0.00178. The second-order valence-corrected chi connectivity index (χ2v) is 9.29. The highest BCUT2D eigenvalue weighted by atomic mass is 35.5. The Morgan fingerprint density at radius 2 is 1.88 bits per heavy atom. The first kappa shape index (κ1) is 20.8. The van der Waals surface area contributed by atoms with Gasteiger partial charge in [-0.1, -0.05) is 11.6 Å². The SMILES string of the molecule is Cc1nc2cc(C(=O)NC34CC(NC(=O)COc5ccc(Cl)c(F)c5)(C3)C4)ccc2n1C. The van der Waals surface area contributed by atoms with E-state index in [-0.39, 0.29) is 40.3 Å². The zero-order chi connectivity index (χ0) is 22.7. The van der Waals surface area contributed by atoms with Crippen LogP contribution in [0, 0.1) is 12.7 Å². The summed E-state index contributed by atoms with van der Waals surface area (Å²) < 4.78 is 20.8. The summed E-state index contributed by atoms with van der Waals surface area (Å²) >= 11 is 5.64. The minimum Gasteiger partial charge on any atom is -0.484 e. The van der Waals surface area contributed by atoms with Gasteiger partial charge in [0.2, 0.25) is 0 Å². The van der Waals surface area contributed by atoms with Crippen molar-refractivity contribution in [1.29, 1.82) is 0 Å². The van der Waals surface area contributed by atoms with Crippen LogP contribution in [0.4, 0.5) is 4.39 Å². The third-order valence-electron chi connectivity index (χ3n) is 6.44. The molecule has 1 aromatic heterocycles. The van der Waals surface area contributed by atoms with Crippen LogP contribution in [-0.2, 0) is 11.8 Å². The lowest BCUT2D eigenvalue weighted by atomic mass is 9.44. The van der Waals surface area contributed by atoms with Gasteiger partial charge in [-0.3, -0.25) is 9.59 Å². The van der Waals surface area contributed by atoms with Gasteiger partial charge >= 0.3 is 0 Å². The van der Waals surface area contributed by atoms with Gasteiger partial charge in [-0.25, -0.2) is 9.37 Å². The quantitative estimate of drug-likeness (QED) is 0.596. The molecule has 2 N–H and O–H groups in total. The molecule has 0 unspecified atom stereocenters. The molecule has 9 heteroatoms. The maximum atomic E-state index is 13.5. The van der Waals surface area contributed by atoms with Gasteiger partial charge < -0.3 is 19.9 Å². The smallest absolute Gasteiger partial charge is 0.258 e. The summed E-state index contributed by atoms with van der Waals surface area (Å²) in [6.45, 7) is 1.71. The lowest BCUT2D eigenvalue weighted by molar-refractivity contribution is -0.141. The molecule has 32 heavy (non-hydrogen) atoms. The Labute approximate surface area is 188 Å². The maximum absolute atomic E-state index is 13.5. The summed E-state index contributed by atoms with van der Waals surface area (Å²) in [5.41, 5.74) is 1.76. The van der Waals surface area contributed by atoms with Crippen molar-refractivity contribution in [2.75, 3.05) is 6.61 Å². The van der Waals surface area contributed by atoms with Gasteiger partial charge in [0.25, 0.3) is 11.8 Å². The lowest BCUT2D eigenvalue weighted by Gasteiger charge is -2.70. The summed E-state index contributed by atoms with van der Waals surface area (Å²) in [5, 5.41) is 6.09. The number of rotatable bonds is 6. The van der Waals surface area contributed by atoms with Crippen LogP contribution in [0.3, 0.4) is 0 Å². The van der Waals surface area contributed by atoms with Crippen molar-refractivity contribution in [2.24, 2.45) is 7.05 Å². The van der Waals surface area contributed by atoms with E-state index < -0.39 is 5.82 Å². The number of carbonyl (C=O) groups excluding carboxylic acids is 2. The Bertz CT molecular complexity index is 1250. The van der Waals surface area contributed by atoms with Crippen LogP contribution >= 0.6 is 11.6 Å². The topological polar surface area (TPSA) is 85.2 Å². The number of ether oxygens (including phenoxy) is 1. The molecule has 0 saturated heterocycles. The number of nitrogens with one attached hydrogen (secondary N) is 2. The normalized spacial score (nSPS) is 23.2. The molecule has 0 spiro atoms. The van der Waals surface area contributed by atoms with Crippen molar-refractivity contribution in [3.8, 4) is 5.75 Å². The van der Waals surface area contributed by atoms with Crippen LogP contribution in [0.5, 0.6) is 5.75 Å². The molecule has 0 radical (unpaired) electrons. The van der Waals surface area contributed by atoms with E-state index >= 15 is 0 Å². The number of nitrogens with zero attached hydrogens (tertiary/aromatic N) is 2. The highest BCUT2D eigenvalue weighted by molar-refractivity contribution is 6.30. The number of halogens is 2. The zero-order valence-corrected chi connectivity index (χ0v) is 18.4. The fraction of sp³-hybridized carbons (Fsp3) is 0.348. The lowest BCUT2D eigenvalue weighted by Crippen LogP contribution is -2.84. The number of amides is 2. The first-order valence-electron chi connectivity index (χ1n) is 10.3. The van der Waals surface area contributed by atoms with Gasteiger partial charge in [0.05, 0.1) is 16.1 Å². The van der Waals surface area contributed by atoms with E-state index in [2.05, 4.69) is 15.6 Å². The Hall–Kier alpha value is -3.13. The number of aromatic nitrogens is 2. The molecular weight excluding hydrogens is 435 g/mol. The third kappa shape index (κ3) is 3.48. The molecule has 2 bridgehead atoms. The average molecular weight is 457 g/mol. The van der Waals surface area contributed by atoms with E-state index in [9.17, 15) is 14.0 Å². The van der Waals surface area contributed by atoms with E-state index in [0.717, 1.165) is 22.9 Å². The molecular formula is C23H22ClFN4O3. The van der Waals surface area contributed by atoms with Crippen molar-refractivity contribution in [1.82, 2.24) is 20.2 Å². The Balaban J connectivity index is 1.13. The third-order valence-corrected chi connectivity index (χ3v) is 6.75. The van der Waals surface area contributed by atoms with Gasteiger partial charge in [-0.05, 0) is 56.5 Å². The van der Waals surface area contributed by atoms with Gasteiger partial charge in [0.1, 0.15) is 17.4 Å². The average Bonchev–Trinajstić information content (AvgIpc) is 2.99. The van der Waals surface area contributed by atoms with Crippen LogP contribution < -0.4 is 15.4 Å². The predicted molar refractivity (Wildman–Crippen MR) is 117 cm³/mol. The number of imidazole rings is 1. The summed E-state index contributed by atoms with van der Waals surface area (Å²) in [6, 6.07) is 9.54. The molecule has 0 atom stereocenters. The Morgan fingerprint density at radius 1 is 1.16 bits per heavy atom. The summed E-state index contributed by atoms with van der Waals surface area (Å²) in [6.07, 6.45) is 2.04. The second-order valence-electron chi connectivity index (χ2n) is 8.88. The van der Waals surface area contributed by atoms with Crippen LogP contribution in [0.1, 0.15) is 35.4 Å². The number of benzene rings is 2. The number of aryl methyl sites for hydroxylation is 2. The summed E-state index contributed by atoms with van der Waals surface area (Å²) in [4.78, 5) is 29.5. The van der Waals surface area contributed by atoms with E-state index in [1.807, 2.05) is 24.6 Å². The Kier molecular flexibility index (Phi) is 4.67. The molecule has 6 rings (SSSR count). The number of fused-ring (bicyclic) bond motifs is 1. The van der Waals surface area contributed by atoms with E-state index in [1.165, 1.54) is 12.1 Å². The van der Waals surface area contributed by atoms with E-state index in [1.54, 1.807) is 12.1 Å². The summed E-state index contributed by atoms with van der Waals surface area (Å²) in [5.74, 6) is 0.112. The van der Waals surface area contributed by atoms with Gasteiger partial charge in [0, 0.05) is 29.8 Å². The highest BCUT2D eigenvalue weighted by Crippen LogP contribution is 2.60. The monoisotopic (exact) mass is 456 g/mol.